The van der Waals surface area contributed by atoms with Gasteiger partial charge in [-0.1, -0.05) is 0 Å². The highest BCUT2D eigenvalue weighted by Crippen LogP contribution is 2.43. The largest absolute Gasteiger partial charge is 0.377 e. The minimum atomic E-state index is 0. The van der Waals surface area contributed by atoms with Crippen LogP contribution in [-0.2, 0) is 9.47 Å². The van der Waals surface area contributed by atoms with Gasteiger partial charge in [0.05, 0.1) is 25.4 Å². The molecule has 1 aliphatic carbocycles. The molecule has 0 aromatic carbocycles. The van der Waals surface area contributed by atoms with Gasteiger partial charge < -0.3 is 20.1 Å². The number of ether oxygens (including phenoxy) is 2. The Morgan fingerprint density at radius 3 is 2.41 bits per heavy atom. The zero-order valence-electron chi connectivity index (χ0n) is 13.6. The van der Waals surface area contributed by atoms with Gasteiger partial charge in [0, 0.05) is 12.6 Å². The zero-order valence-corrected chi connectivity index (χ0v) is 15.3. The summed E-state index contributed by atoms with van der Waals surface area (Å²) in [5.74, 6) is 0. The third-order valence-corrected chi connectivity index (χ3v) is 5.57. The first-order valence-electron chi connectivity index (χ1n) is 8.47. The second-order valence-corrected chi connectivity index (χ2v) is 6.83. The van der Waals surface area contributed by atoms with Gasteiger partial charge in [-0.25, -0.2) is 0 Å². The summed E-state index contributed by atoms with van der Waals surface area (Å²) < 4.78 is 11.3. The number of rotatable bonds is 4. The van der Waals surface area contributed by atoms with Crippen LogP contribution in [0.3, 0.4) is 0 Å². The molecule has 22 heavy (non-hydrogen) atoms. The van der Waals surface area contributed by atoms with Crippen LogP contribution in [0, 0.1) is 5.41 Å². The Bertz CT molecular complexity index is 305. The molecule has 0 unspecified atom stereocenters. The van der Waals surface area contributed by atoms with Crippen LogP contribution in [0.15, 0.2) is 0 Å². The minimum Gasteiger partial charge on any atom is -0.377 e. The van der Waals surface area contributed by atoms with Gasteiger partial charge in [-0.05, 0) is 64.0 Å². The van der Waals surface area contributed by atoms with Gasteiger partial charge in [-0.3, -0.25) is 0 Å². The lowest BCUT2D eigenvalue weighted by Gasteiger charge is -2.44. The van der Waals surface area contributed by atoms with Crippen LogP contribution in [0.4, 0.5) is 0 Å². The molecule has 1 spiro atoms. The smallest absolute Gasteiger partial charge is 0.0983 e. The molecule has 0 aromatic heterocycles. The predicted molar refractivity (Wildman–Crippen MR) is 94.4 cm³/mol. The number of halogens is 2. The minimum absolute atomic E-state index is 0. The van der Waals surface area contributed by atoms with E-state index in [9.17, 15) is 0 Å². The monoisotopic (exact) mass is 354 g/mol. The van der Waals surface area contributed by atoms with E-state index >= 15 is 0 Å². The van der Waals surface area contributed by atoms with Crippen molar-refractivity contribution >= 4 is 24.8 Å². The maximum atomic E-state index is 5.77. The summed E-state index contributed by atoms with van der Waals surface area (Å²) in [5.41, 5.74) is 0.662. The Hall–Kier alpha value is 0.420. The van der Waals surface area contributed by atoms with E-state index in [0.717, 1.165) is 19.8 Å². The standard InChI is InChI=1S/C16H30N2O2.2ClH/c1-2-20-15-12-19-11-14(15)18-13-3-5-16(6-4-13)7-9-17-10-8-16;;/h13-15,17-18H,2-12H2,1H3;2*1H/t14-,15-;;/m0../s1. The average molecular weight is 355 g/mol. The summed E-state index contributed by atoms with van der Waals surface area (Å²) in [6.07, 6.45) is 8.49. The van der Waals surface area contributed by atoms with Gasteiger partial charge in [0.1, 0.15) is 0 Å². The molecule has 6 heteroatoms. The van der Waals surface area contributed by atoms with Crippen molar-refractivity contribution in [1.29, 1.82) is 0 Å². The molecule has 0 bridgehead atoms. The molecule has 2 aliphatic heterocycles. The Balaban J connectivity index is 0.00000121. The first-order valence-corrected chi connectivity index (χ1v) is 8.47. The molecular formula is C16H32Cl2N2O2. The first kappa shape index (κ1) is 20.5. The second kappa shape index (κ2) is 9.65. The molecule has 2 heterocycles. The van der Waals surface area contributed by atoms with E-state index in [2.05, 4.69) is 17.6 Å². The summed E-state index contributed by atoms with van der Waals surface area (Å²) in [6, 6.07) is 1.08. The molecule has 3 rings (SSSR count). The van der Waals surface area contributed by atoms with Crippen LogP contribution >= 0.6 is 24.8 Å². The van der Waals surface area contributed by atoms with Crippen molar-refractivity contribution in [2.24, 2.45) is 5.41 Å². The van der Waals surface area contributed by atoms with Gasteiger partial charge in [0.25, 0.3) is 0 Å². The highest BCUT2D eigenvalue weighted by atomic mass is 35.5. The molecule has 2 N–H and O–H groups in total. The lowest BCUT2D eigenvalue weighted by Crippen LogP contribution is -2.49. The van der Waals surface area contributed by atoms with Crippen molar-refractivity contribution in [1.82, 2.24) is 10.6 Å². The molecule has 3 aliphatic rings. The highest BCUT2D eigenvalue weighted by molar-refractivity contribution is 5.85. The van der Waals surface area contributed by atoms with Crippen LogP contribution in [0.2, 0.25) is 0 Å². The molecule has 4 nitrogen and oxygen atoms in total. The maximum Gasteiger partial charge on any atom is 0.0983 e. The van der Waals surface area contributed by atoms with E-state index in [-0.39, 0.29) is 30.9 Å². The third kappa shape index (κ3) is 4.96. The van der Waals surface area contributed by atoms with Gasteiger partial charge >= 0.3 is 0 Å². The van der Waals surface area contributed by atoms with Gasteiger partial charge in [-0.2, -0.15) is 0 Å². The number of hydrogen-bond acceptors (Lipinski definition) is 4. The van der Waals surface area contributed by atoms with E-state index in [1.54, 1.807) is 0 Å². The predicted octanol–water partition coefficient (Wildman–Crippen LogP) is 2.54. The van der Waals surface area contributed by atoms with E-state index < -0.39 is 0 Å². The van der Waals surface area contributed by atoms with Crippen molar-refractivity contribution in [3.05, 3.63) is 0 Å². The van der Waals surface area contributed by atoms with Crippen molar-refractivity contribution in [3.63, 3.8) is 0 Å². The maximum absolute atomic E-state index is 5.77. The Kier molecular flexibility index (Phi) is 8.98. The molecule has 0 radical (unpaired) electrons. The van der Waals surface area contributed by atoms with E-state index in [0.29, 0.717) is 17.5 Å². The normalized spacial score (nSPS) is 31.5. The molecular weight excluding hydrogens is 323 g/mol. The van der Waals surface area contributed by atoms with Gasteiger partial charge in [-0.15, -0.1) is 24.8 Å². The number of piperidine rings is 1. The van der Waals surface area contributed by atoms with Crippen molar-refractivity contribution in [2.45, 2.75) is 63.6 Å². The molecule has 3 fully saturated rings. The van der Waals surface area contributed by atoms with Crippen molar-refractivity contribution in [3.8, 4) is 0 Å². The Labute approximate surface area is 147 Å². The number of nitrogens with one attached hydrogen (secondary N) is 2. The summed E-state index contributed by atoms with van der Waals surface area (Å²) in [4.78, 5) is 0. The molecule has 0 amide bonds. The fourth-order valence-electron chi connectivity index (χ4n) is 4.23. The fraction of sp³-hybridized carbons (Fsp3) is 1.00. The number of hydrogen-bond donors (Lipinski definition) is 2. The van der Waals surface area contributed by atoms with Crippen LogP contribution in [0.5, 0.6) is 0 Å². The molecule has 1 saturated carbocycles. The molecule has 2 saturated heterocycles. The zero-order chi connectivity index (χ0) is 13.8. The van der Waals surface area contributed by atoms with Crippen LogP contribution in [-0.4, -0.2) is 51.1 Å². The molecule has 132 valence electrons. The summed E-state index contributed by atoms with van der Waals surface area (Å²) >= 11 is 0. The fourth-order valence-corrected chi connectivity index (χ4v) is 4.23. The third-order valence-electron chi connectivity index (χ3n) is 5.57. The molecule has 2 atom stereocenters. The quantitative estimate of drug-likeness (QED) is 0.813. The van der Waals surface area contributed by atoms with Gasteiger partial charge in [0.2, 0.25) is 0 Å². The van der Waals surface area contributed by atoms with E-state index in [1.165, 1.54) is 51.6 Å². The van der Waals surface area contributed by atoms with Crippen molar-refractivity contribution in [2.75, 3.05) is 32.9 Å². The Morgan fingerprint density at radius 2 is 1.77 bits per heavy atom. The van der Waals surface area contributed by atoms with Gasteiger partial charge in [0.15, 0.2) is 0 Å². The van der Waals surface area contributed by atoms with E-state index in [1.807, 2.05) is 0 Å². The summed E-state index contributed by atoms with van der Waals surface area (Å²) in [6.45, 7) is 6.87. The molecule has 0 aromatic rings. The summed E-state index contributed by atoms with van der Waals surface area (Å²) in [7, 11) is 0. The lowest BCUT2D eigenvalue weighted by atomic mass is 9.67. The summed E-state index contributed by atoms with van der Waals surface area (Å²) in [5, 5.41) is 7.31. The Morgan fingerprint density at radius 1 is 1.09 bits per heavy atom. The average Bonchev–Trinajstić information content (AvgIpc) is 2.90. The second-order valence-electron chi connectivity index (χ2n) is 6.83. The highest BCUT2D eigenvalue weighted by Gasteiger charge is 2.38. The van der Waals surface area contributed by atoms with Crippen LogP contribution in [0.25, 0.3) is 0 Å². The van der Waals surface area contributed by atoms with E-state index in [4.69, 9.17) is 9.47 Å². The lowest BCUT2D eigenvalue weighted by molar-refractivity contribution is 0.0362. The van der Waals surface area contributed by atoms with Crippen molar-refractivity contribution < 1.29 is 9.47 Å². The first-order chi connectivity index (χ1) is 9.81. The topological polar surface area (TPSA) is 42.5 Å². The van der Waals surface area contributed by atoms with Crippen LogP contribution in [0.1, 0.15) is 45.4 Å². The SMILES string of the molecule is CCO[C@H]1COC[C@@H]1NC1CCC2(CCNCC2)CC1.Cl.Cl. The van der Waals surface area contributed by atoms with Crippen LogP contribution < -0.4 is 10.6 Å².